The van der Waals surface area contributed by atoms with Crippen molar-refractivity contribution in [2.24, 2.45) is 0 Å². The van der Waals surface area contributed by atoms with Gasteiger partial charge < -0.3 is 19.4 Å². The van der Waals surface area contributed by atoms with Gasteiger partial charge in [0, 0.05) is 36.6 Å². The van der Waals surface area contributed by atoms with E-state index >= 15 is 0 Å². The lowest BCUT2D eigenvalue weighted by atomic mass is 9.99. The van der Waals surface area contributed by atoms with Crippen LogP contribution in [0.5, 0.6) is 0 Å². The van der Waals surface area contributed by atoms with Gasteiger partial charge in [-0.3, -0.25) is 9.59 Å². The van der Waals surface area contributed by atoms with Crippen LogP contribution in [0.2, 0.25) is 0 Å². The van der Waals surface area contributed by atoms with Gasteiger partial charge in [0.15, 0.2) is 5.78 Å². The lowest BCUT2D eigenvalue weighted by Crippen LogP contribution is -2.44. The van der Waals surface area contributed by atoms with Gasteiger partial charge in [-0.05, 0) is 57.9 Å². The van der Waals surface area contributed by atoms with Gasteiger partial charge in [0.2, 0.25) is 0 Å². The second-order valence-corrected chi connectivity index (χ2v) is 7.22. The van der Waals surface area contributed by atoms with Crippen molar-refractivity contribution >= 4 is 17.7 Å². The molecule has 2 rings (SSSR count). The fourth-order valence-electron chi connectivity index (χ4n) is 3.52. The van der Waals surface area contributed by atoms with Gasteiger partial charge in [-0.25, -0.2) is 9.18 Å². The van der Waals surface area contributed by atoms with Crippen LogP contribution in [0.4, 0.5) is 4.39 Å². The summed E-state index contributed by atoms with van der Waals surface area (Å²) in [5.41, 5.74) is 1.69. The van der Waals surface area contributed by atoms with Crippen molar-refractivity contribution in [1.29, 1.82) is 0 Å². The Balaban J connectivity index is 2.36. The maximum Gasteiger partial charge on any atom is 0.354 e. The summed E-state index contributed by atoms with van der Waals surface area (Å²) in [5.74, 6) is -1.87. The number of aryl methyl sites for hydroxylation is 1. The Morgan fingerprint density at radius 2 is 1.94 bits per heavy atom. The minimum absolute atomic E-state index is 0.161. The normalized spacial score (nSPS) is 11.8. The number of esters is 1. The molecule has 1 aromatic carbocycles. The Morgan fingerprint density at radius 1 is 1.23 bits per heavy atom. The fourth-order valence-corrected chi connectivity index (χ4v) is 3.52. The van der Waals surface area contributed by atoms with Crippen molar-refractivity contribution in [1.82, 2.24) is 9.88 Å². The van der Waals surface area contributed by atoms with E-state index in [2.05, 4.69) is 4.98 Å². The minimum Gasteiger partial charge on any atom is -0.464 e. The van der Waals surface area contributed by atoms with Crippen LogP contribution in [-0.2, 0) is 9.47 Å². The molecule has 168 valence electrons. The number of hydrogen-bond acceptors (Lipinski definition) is 5. The first-order valence-electron chi connectivity index (χ1n) is 10.2. The zero-order valence-electron chi connectivity index (χ0n) is 18.6. The number of hydrogen-bond donors (Lipinski definition) is 1. The maximum absolute atomic E-state index is 13.7. The molecule has 1 N–H and O–H groups in total. The third-order valence-electron chi connectivity index (χ3n) is 5.14. The number of H-pyrrole nitrogens is 1. The maximum atomic E-state index is 13.7. The predicted molar refractivity (Wildman–Crippen MR) is 114 cm³/mol. The van der Waals surface area contributed by atoms with Crippen molar-refractivity contribution < 1.29 is 28.2 Å². The molecule has 1 aromatic heterocycles. The number of carbonyl (C=O) groups is 3. The highest BCUT2D eigenvalue weighted by Crippen LogP contribution is 2.23. The molecule has 0 radical (unpaired) electrons. The number of nitrogens with one attached hydrogen (secondary N) is 1. The van der Waals surface area contributed by atoms with Crippen molar-refractivity contribution in [2.45, 2.75) is 40.2 Å². The summed E-state index contributed by atoms with van der Waals surface area (Å²) in [6.07, 6.45) is 0.519. The molecule has 0 saturated carbocycles. The molecule has 0 fully saturated rings. The summed E-state index contributed by atoms with van der Waals surface area (Å²) in [5, 5.41) is 0. The van der Waals surface area contributed by atoms with E-state index in [0.29, 0.717) is 36.5 Å². The number of aromatic nitrogens is 1. The van der Waals surface area contributed by atoms with Crippen LogP contribution < -0.4 is 0 Å². The molecule has 8 heteroatoms. The molecular weight excluding hydrogens is 403 g/mol. The van der Waals surface area contributed by atoms with Crippen LogP contribution in [0, 0.1) is 19.7 Å². The van der Waals surface area contributed by atoms with Crippen molar-refractivity contribution in [3.8, 4) is 0 Å². The van der Waals surface area contributed by atoms with Crippen LogP contribution >= 0.6 is 0 Å². The van der Waals surface area contributed by atoms with E-state index in [1.54, 1.807) is 20.8 Å². The van der Waals surface area contributed by atoms with Gasteiger partial charge in [0.1, 0.15) is 11.5 Å². The highest BCUT2D eigenvalue weighted by atomic mass is 19.1. The SMILES string of the molecule is CCOCCCN(C(=O)c1cccc(F)c1)[C@@H](C)C(=O)c1c(C)[nH]c(C(=O)OC)c1C. The Morgan fingerprint density at radius 3 is 2.55 bits per heavy atom. The monoisotopic (exact) mass is 432 g/mol. The number of aromatic amines is 1. The number of methoxy groups -OCH3 is 1. The highest BCUT2D eigenvalue weighted by molar-refractivity contribution is 6.07. The minimum atomic E-state index is -0.837. The topological polar surface area (TPSA) is 88.7 Å². The number of Topliss-reactive ketones (excluding diaryl/α,β-unsaturated/α-hetero) is 1. The molecule has 0 aliphatic carbocycles. The highest BCUT2D eigenvalue weighted by Gasteiger charge is 2.31. The van der Waals surface area contributed by atoms with Crippen molar-refractivity contribution in [3.63, 3.8) is 0 Å². The molecule has 0 aliphatic heterocycles. The molecule has 0 aliphatic rings. The number of nitrogens with zero attached hydrogens (tertiary/aromatic N) is 1. The molecule has 2 aromatic rings. The molecule has 0 spiro atoms. The predicted octanol–water partition coefficient (Wildman–Crippen LogP) is 3.70. The summed E-state index contributed by atoms with van der Waals surface area (Å²) >= 11 is 0. The Hall–Kier alpha value is -3.00. The van der Waals surface area contributed by atoms with Crippen molar-refractivity contribution in [2.75, 3.05) is 26.9 Å². The lowest BCUT2D eigenvalue weighted by Gasteiger charge is -2.29. The number of carbonyl (C=O) groups excluding carboxylic acids is 3. The molecule has 0 unspecified atom stereocenters. The second-order valence-electron chi connectivity index (χ2n) is 7.22. The van der Waals surface area contributed by atoms with Gasteiger partial charge in [-0.1, -0.05) is 6.07 Å². The van der Waals surface area contributed by atoms with E-state index < -0.39 is 23.7 Å². The first-order chi connectivity index (χ1) is 14.7. The van der Waals surface area contributed by atoms with Gasteiger partial charge >= 0.3 is 5.97 Å². The molecule has 0 saturated heterocycles. The summed E-state index contributed by atoms with van der Waals surface area (Å²) in [4.78, 5) is 42.8. The smallest absolute Gasteiger partial charge is 0.354 e. The van der Waals surface area contributed by atoms with Gasteiger partial charge in [-0.15, -0.1) is 0 Å². The largest absolute Gasteiger partial charge is 0.464 e. The van der Waals surface area contributed by atoms with Crippen molar-refractivity contribution in [3.05, 3.63) is 58.2 Å². The fraction of sp³-hybridized carbons (Fsp3) is 0.435. The zero-order valence-corrected chi connectivity index (χ0v) is 18.6. The Kier molecular flexibility index (Phi) is 8.50. The van der Waals surface area contributed by atoms with Crippen LogP contribution in [0.1, 0.15) is 62.7 Å². The third kappa shape index (κ3) is 5.58. The Labute approximate surface area is 181 Å². The third-order valence-corrected chi connectivity index (χ3v) is 5.14. The molecular formula is C23H29FN2O5. The quantitative estimate of drug-likeness (QED) is 0.351. The summed E-state index contributed by atoms with van der Waals surface area (Å²) < 4.78 is 23.8. The van der Waals surface area contributed by atoms with Crippen LogP contribution in [0.15, 0.2) is 24.3 Å². The first-order valence-corrected chi connectivity index (χ1v) is 10.2. The number of ether oxygens (including phenoxy) is 2. The van der Waals surface area contributed by atoms with E-state index in [1.165, 1.54) is 30.2 Å². The van der Waals surface area contributed by atoms with Crippen LogP contribution in [0.3, 0.4) is 0 Å². The van der Waals surface area contributed by atoms with E-state index in [9.17, 15) is 18.8 Å². The van der Waals surface area contributed by atoms with E-state index in [4.69, 9.17) is 9.47 Å². The van der Waals surface area contributed by atoms with Gasteiger partial charge in [0.05, 0.1) is 13.2 Å². The standard InChI is InChI=1S/C23H29FN2O5/c1-6-31-12-8-11-26(22(28)17-9-7-10-18(24)13-17)16(4)21(27)19-14(2)20(23(29)30-5)25-15(19)3/h7,9-10,13,16,25H,6,8,11-12H2,1-5H3/t16-/m0/s1. The Bertz CT molecular complexity index is 953. The summed E-state index contributed by atoms with van der Waals surface area (Å²) in [7, 11) is 1.26. The number of rotatable bonds is 10. The van der Waals surface area contributed by atoms with Crippen LogP contribution in [-0.4, -0.2) is 60.5 Å². The van der Waals surface area contributed by atoms with E-state index in [-0.39, 0.29) is 23.6 Å². The van der Waals surface area contributed by atoms with Gasteiger partial charge in [0.25, 0.3) is 5.91 Å². The number of ketones is 1. The lowest BCUT2D eigenvalue weighted by molar-refractivity contribution is 0.0588. The molecule has 0 bridgehead atoms. The molecule has 1 amide bonds. The zero-order chi connectivity index (χ0) is 23.1. The van der Waals surface area contributed by atoms with Gasteiger partial charge in [-0.2, -0.15) is 0 Å². The van der Waals surface area contributed by atoms with Crippen LogP contribution in [0.25, 0.3) is 0 Å². The number of benzene rings is 1. The number of halogens is 1. The first kappa shape index (κ1) is 24.3. The number of amides is 1. The average molecular weight is 432 g/mol. The summed E-state index contributed by atoms with van der Waals surface area (Å²) in [6.45, 7) is 8.08. The average Bonchev–Trinajstić information content (AvgIpc) is 3.05. The van der Waals surface area contributed by atoms with E-state index in [0.717, 1.165) is 6.07 Å². The van der Waals surface area contributed by atoms with E-state index in [1.807, 2.05) is 6.92 Å². The molecule has 1 heterocycles. The summed E-state index contributed by atoms with van der Waals surface area (Å²) in [6, 6.07) is 4.54. The molecule has 1 atom stereocenters. The molecule has 7 nitrogen and oxygen atoms in total. The molecule has 31 heavy (non-hydrogen) atoms. The second kappa shape index (κ2) is 10.9.